The largest absolute Gasteiger partial charge is 0.355 e. The number of rotatable bonds is 4. The lowest BCUT2D eigenvalue weighted by Gasteiger charge is -2.35. The van der Waals surface area contributed by atoms with Crippen LogP contribution in [0.3, 0.4) is 0 Å². The standard InChI is InChI=1S/C17H24N6O/c1-13-6-4-8-15(20-13)22-9-5-7-14(10-22)21-16(24)17(2,3)23-12-18-11-19-23/h4,6,8,11-12,14H,5,7,9-10H2,1-3H3,(H,21,24). The van der Waals surface area contributed by atoms with Crippen molar-refractivity contribution >= 4 is 11.7 Å². The highest BCUT2D eigenvalue weighted by Crippen LogP contribution is 2.20. The van der Waals surface area contributed by atoms with Gasteiger partial charge in [0.1, 0.15) is 24.0 Å². The molecule has 0 spiro atoms. The molecule has 7 nitrogen and oxygen atoms in total. The van der Waals surface area contributed by atoms with E-state index < -0.39 is 5.54 Å². The van der Waals surface area contributed by atoms with Crippen LogP contribution in [0.5, 0.6) is 0 Å². The fourth-order valence-corrected chi connectivity index (χ4v) is 2.97. The minimum Gasteiger partial charge on any atom is -0.355 e. The van der Waals surface area contributed by atoms with Crippen molar-refractivity contribution in [1.29, 1.82) is 0 Å². The van der Waals surface area contributed by atoms with Crippen LogP contribution in [0.15, 0.2) is 30.9 Å². The average Bonchev–Trinajstić information content (AvgIpc) is 3.10. The van der Waals surface area contributed by atoms with E-state index in [4.69, 9.17) is 0 Å². The Hall–Kier alpha value is -2.44. The fraction of sp³-hybridized carbons (Fsp3) is 0.529. The van der Waals surface area contributed by atoms with Crippen molar-refractivity contribution in [2.45, 2.75) is 45.2 Å². The van der Waals surface area contributed by atoms with Crippen LogP contribution in [-0.4, -0.2) is 44.8 Å². The molecule has 1 N–H and O–H groups in total. The van der Waals surface area contributed by atoms with E-state index >= 15 is 0 Å². The van der Waals surface area contributed by atoms with Crippen LogP contribution < -0.4 is 10.2 Å². The van der Waals surface area contributed by atoms with E-state index in [1.165, 1.54) is 6.33 Å². The number of hydrogen-bond acceptors (Lipinski definition) is 5. The van der Waals surface area contributed by atoms with Crippen molar-refractivity contribution in [2.24, 2.45) is 0 Å². The van der Waals surface area contributed by atoms with E-state index in [1.54, 1.807) is 11.0 Å². The number of piperidine rings is 1. The van der Waals surface area contributed by atoms with Crippen LogP contribution in [0, 0.1) is 6.92 Å². The van der Waals surface area contributed by atoms with E-state index in [2.05, 4.69) is 25.3 Å². The monoisotopic (exact) mass is 328 g/mol. The molecule has 2 aromatic heterocycles. The van der Waals surface area contributed by atoms with E-state index in [9.17, 15) is 4.79 Å². The molecule has 1 aliphatic heterocycles. The summed E-state index contributed by atoms with van der Waals surface area (Å²) in [6.45, 7) is 7.43. The van der Waals surface area contributed by atoms with Gasteiger partial charge >= 0.3 is 0 Å². The third-order valence-electron chi connectivity index (χ3n) is 4.50. The third kappa shape index (κ3) is 3.39. The Labute approximate surface area is 142 Å². The first-order valence-electron chi connectivity index (χ1n) is 8.31. The first kappa shape index (κ1) is 16.4. The minimum atomic E-state index is -0.764. The third-order valence-corrected chi connectivity index (χ3v) is 4.50. The number of nitrogens with zero attached hydrogens (tertiary/aromatic N) is 5. The Bertz CT molecular complexity index is 697. The van der Waals surface area contributed by atoms with Gasteiger partial charge in [-0.1, -0.05) is 6.07 Å². The first-order valence-corrected chi connectivity index (χ1v) is 8.31. The van der Waals surface area contributed by atoms with Gasteiger partial charge in [0, 0.05) is 24.8 Å². The molecule has 0 bridgehead atoms. The van der Waals surface area contributed by atoms with Crippen LogP contribution in [0.1, 0.15) is 32.4 Å². The lowest BCUT2D eigenvalue weighted by Crippen LogP contribution is -2.53. The van der Waals surface area contributed by atoms with Crippen LogP contribution in [0.4, 0.5) is 5.82 Å². The smallest absolute Gasteiger partial charge is 0.247 e. The van der Waals surface area contributed by atoms with E-state index in [-0.39, 0.29) is 11.9 Å². The Kier molecular flexibility index (Phi) is 4.51. The summed E-state index contributed by atoms with van der Waals surface area (Å²) in [7, 11) is 0. The van der Waals surface area contributed by atoms with Gasteiger partial charge in [-0.3, -0.25) is 4.79 Å². The zero-order valence-electron chi connectivity index (χ0n) is 14.4. The number of carbonyl (C=O) groups is 1. The summed E-state index contributed by atoms with van der Waals surface area (Å²) in [6.07, 6.45) is 5.02. The maximum absolute atomic E-state index is 12.7. The second-order valence-electron chi connectivity index (χ2n) is 6.79. The molecular formula is C17H24N6O. The van der Waals surface area contributed by atoms with Gasteiger partial charge in [0.2, 0.25) is 5.91 Å². The molecular weight excluding hydrogens is 304 g/mol. The molecule has 1 atom stereocenters. The molecule has 3 rings (SSSR count). The molecule has 1 amide bonds. The summed E-state index contributed by atoms with van der Waals surface area (Å²) in [5.74, 6) is 0.932. The van der Waals surface area contributed by atoms with Gasteiger partial charge in [0.15, 0.2) is 0 Å². The van der Waals surface area contributed by atoms with Gasteiger partial charge in [0.05, 0.1) is 0 Å². The molecule has 1 fully saturated rings. The van der Waals surface area contributed by atoms with Crippen LogP contribution in [0.25, 0.3) is 0 Å². The molecule has 3 heterocycles. The quantitative estimate of drug-likeness (QED) is 0.920. The molecule has 24 heavy (non-hydrogen) atoms. The number of amides is 1. The second-order valence-corrected chi connectivity index (χ2v) is 6.79. The van der Waals surface area contributed by atoms with Gasteiger partial charge in [0.25, 0.3) is 0 Å². The summed E-state index contributed by atoms with van der Waals surface area (Å²) >= 11 is 0. The zero-order valence-corrected chi connectivity index (χ0v) is 14.4. The van der Waals surface area contributed by atoms with Gasteiger partial charge in [-0.15, -0.1) is 0 Å². The molecule has 0 radical (unpaired) electrons. The minimum absolute atomic E-state index is 0.0444. The van der Waals surface area contributed by atoms with Crippen molar-refractivity contribution in [1.82, 2.24) is 25.1 Å². The van der Waals surface area contributed by atoms with Crippen LogP contribution in [0.2, 0.25) is 0 Å². The predicted octanol–water partition coefficient (Wildman–Crippen LogP) is 1.50. The van der Waals surface area contributed by atoms with Crippen LogP contribution in [-0.2, 0) is 10.3 Å². The molecule has 1 aliphatic rings. The van der Waals surface area contributed by atoms with Crippen molar-refractivity contribution in [3.63, 3.8) is 0 Å². The molecule has 7 heteroatoms. The van der Waals surface area contributed by atoms with Crippen LogP contribution >= 0.6 is 0 Å². The Balaban J connectivity index is 1.66. The van der Waals surface area contributed by atoms with Crippen molar-refractivity contribution < 1.29 is 4.79 Å². The number of hydrogen-bond donors (Lipinski definition) is 1. The molecule has 128 valence electrons. The fourth-order valence-electron chi connectivity index (χ4n) is 2.97. The average molecular weight is 328 g/mol. The molecule has 2 aromatic rings. The summed E-state index contributed by atoms with van der Waals surface area (Å²) < 4.78 is 1.59. The maximum Gasteiger partial charge on any atom is 0.247 e. The summed E-state index contributed by atoms with van der Waals surface area (Å²) in [5, 5.41) is 7.26. The number of aryl methyl sites for hydroxylation is 1. The van der Waals surface area contributed by atoms with Crippen molar-refractivity contribution in [3.8, 4) is 0 Å². The van der Waals surface area contributed by atoms with Gasteiger partial charge in [-0.25, -0.2) is 14.6 Å². The predicted molar refractivity (Wildman–Crippen MR) is 91.7 cm³/mol. The highest BCUT2D eigenvalue weighted by atomic mass is 16.2. The molecule has 1 unspecified atom stereocenters. The van der Waals surface area contributed by atoms with E-state index in [0.717, 1.165) is 37.4 Å². The van der Waals surface area contributed by atoms with Gasteiger partial charge in [-0.05, 0) is 45.7 Å². The van der Waals surface area contributed by atoms with Gasteiger partial charge < -0.3 is 10.2 Å². The van der Waals surface area contributed by atoms with Crippen molar-refractivity contribution in [2.75, 3.05) is 18.0 Å². The molecule has 1 saturated heterocycles. The summed E-state index contributed by atoms with van der Waals surface area (Å²) in [6, 6.07) is 6.15. The molecule has 0 saturated carbocycles. The Morgan fingerprint density at radius 3 is 2.92 bits per heavy atom. The highest BCUT2D eigenvalue weighted by molar-refractivity contribution is 5.83. The Morgan fingerprint density at radius 2 is 2.21 bits per heavy atom. The number of pyridine rings is 1. The number of nitrogens with one attached hydrogen (secondary N) is 1. The van der Waals surface area contributed by atoms with E-state index in [1.807, 2.05) is 39.0 Å². The highest BCUT2D eigenvalue weighted by Gasteiger charge is 2.33. The SMILES string of the molecule is Cc1cccc(N2CCCC(NC(=O)C(C)(C)n3cncn3)C2)n1. The lowest BCUT2D eigenvalue weighted by atomic mass is 10.0. The lowest BCUT2D eigenvalue weighted by molar-refractivity contribution is -0.129. The second kappa shape index (κ2) is 6.59. The topological polar surface area (TPSA) is 75.9 Å². The maximum atomic E-state index is 12.7. The number of carbonyl (C=O) groups excluding carboxylic acids is 1. The summed E-state index contributed by atoms with van der Waals surface area (Å²) in [4.78, 5) is 23.5. The van der Waals surface area contributed by atoms with E-state index in [0.29, 0.717) is 0 Å². The Morgan fingerprint density at radius 1 is 1.38 bits per heavy atom. The first-order chi connectivity index (χ1) is 11.5. The zero-order chi connectivity index (χ0) is 17.2. The normalized spacial score (nSPS) is 18.5. The number of aromatic nitrogens is 4. The number of anilines is 1. The van der Waals surface area contributed by atoms with Gasteiger partial charge in [-0.2, -0.15) is 5.10 Å². The van der Waals surface area contributed by atoms with Crippen molar-refractivity contribution in [3.05, 3.63) is 36.5 Å². The summed E-state index contributed by atoms with van der Waals surface area (Å²) in [5.41, 5.74) is 0.242. The molecule has 0 aromatic carbocycles. The molecule has 0 aliphatic carbocycles.